The number of nitriles is 1. The van der Waals surface area contributed by atoms with Crippen molar-refractivity contribution in [3.05, 3.63) is 30.1 Å². The summed E-state index contributed by atoms with van der Waals surface area (Å²) < 4.78 is 24.0. The lowest BCUT2D eigenvalue weighted by molar-refractivity contribution is 0.622. The van der Waals surface area contributed by atoms with Gasteiger partial charge in [0, 0.05) is 17.1 Å². The predicted molar refractivity (Wildman–Crippen MR) is 47.9 cm³/mol. The average molecular weight is 197 g/mol. The molecule has 0 heterocycles. The summed E-state index contributed by atoms with van der Waals surface area (Å²) in [5, 5.41) is 8.26. The van der Waals surface area contributed by atoms with Crippen molar-refractivity contribution < 1.29 is 8.60 Å². The van der Waals surface area contributed by atoms with Gasteiger partial charge in [-0.3, -0.25) is 4.21 Å². The molecule has 0 aliphatic carbocycles. The number of halogens is 1. The lowest BCUT2D eigenvalue weighted by Gasteiger charge is -1.98. The fourth-order valence-electron chi connectivity index (χ4n) is 0.865. The van der Waals surface area contributed by atoms with Crippen LogP contribution in [-0.4, -0.2) is 9.96 Å². The van der Waals surface area contributed by atoms with Gasteiger partial charge in [-0.05, 0) is 18.2 Å². The molecule has 0 aliphatic rings. The van der Waals surface area contributed by atoms with Crippen LogP contribution in [0.15, 0.2) is 29.2 Å². The van der Waals surface area contributed by atoms with E-state index in [1.54, 1.807) is 6.07 Å². The number of benzene rings is 1. The smallest absolute Gasteiger partial charge is 0.124 e. The zero-order valence-electron chi connectivity index (χ0n) is 6.87. The summed E-state index contributed by atoms with van der Waals surface area (Å²) in [6, 6.07) is 7.53. The van der Waals surface area contributed by atoms with Gasteiger partial charge in [0.05, 0.1) is 16.9 Å². The molecule has 1 unspecified atom stereocenters. The molecule has 0 N–H and O–H groups in total. The molecule has 1 atom stereocenters. The van der Waals surface area contributed by atoms with E-state index in [4.69, 9.17) is 5.26 Å². The Hall–Kier alpha value is -1.21. The Bertz CT molecular complexity index is 359. The van der Waals surface area contributed by atoms with Crippen LogP contribution in [0.2, 0.25) is 0 Å². The molecule has 0 radical (unpaired) electrons. The Labute approximate surface area is 78.5 Å². The lowest BCUT2D eigenvalue weighted by Crippen LogP contribution is -1.97. The third-order valence-electron chi connectivity index (χ3n) is 1.46. The van der Waals surface area contributed by atoms with Crippen molar-refractivity contribution in [2.24, 2.45) is 0 Å². The topological polar surface area (TPSA) is 40.9 Å². The van der Waals surface area contributed by atoms with E-state index < -0.39 is 16.6 Å². The SMILES string of the molecule is N#CCCS(=O)c1cccc(F)c1. The second-order valence-electron chi connectivity index (χ2n) is 2.42. The lowest BCUT2D eigenvalue weighted by atomic mass is 10.4. The van der Waals surface area contributed by atoms with E-state index in [0.717, 1.165) is 0 Å². The Kier molecular flexibility index (Phi) is 3.59. The van der Waals surface area contributed by atoms with Gasteiger partial charge in [-0.25, -0.2) is 4.39 Å². The van der Waals surface area contributed by atoms with Gasteiger partial charge in [-0.1, -0.05) is 6.07 Å². The zero-order valence-corrected chi connectivity index (χ0v) is 7.68. The van der Waals surface area contributed by atoms with Crippen molar-refractivity contribution in [2.75, 3.05) is 5.75 Å². The van der Waals surface area contributed by atoms with Gasteiger partial charge in [0.15, 0.2) is 0 Å². The third-order valence-corrected chi connectivity index (χ3v) is 2.81. The molecule has 0 fully saturated rings. The molecule has 0 amide bonds. The minimum atomic E-state index is -1.26. The number of hydrogen-bond donors (Lipinski definition) is 0. The molecular weight excluding hydrogens is 189 g/mol. The van der Waals surface area contributed by atoms with Crippen LogP contribution in [0.1, 0.15) is 6.42 Å². The minimum Gasteiger partial charge on any atom is -0.254 e. The predicted octanol–water partition coefficient (Wildman–Crippen LogP) is 1.85. The summed E-state index contributed by atoms with van der Waals surface area (Å²) in [4.78, 5) is 0.440. The van der Waals surface area contributed by atoms with Gasteiger partial charge in [-0.2, -0.15) is 5.26 Å². The Morgan fingerprint density at radius 1 is 1.54 bits per heavy atom. The summed E-state index contributed by atoms with van der Waals surface area (Å²) in [5.41, 5.74) is 0. The van der Waals surface area contributed by atoms with Gasteiger partial charge >= 0.3 is 0 Å². The summed E-state index contributed by atoms with van der Waals surface area (Å²) in [5.74, 6) is -0.136. The maximum atomic E-state index is 12.7. The Morgan fingerprint density at radius 3 is 2.92 bits per heavy atom. The van der Waals surface area contributed by atoms with Gasteiger partial charge in [0.2, 0.25) is 0 Å². The number of hydrogen-bond acceptors (Lipinski definition) is 2. The van der Waals surface area contributed by atoms with Crippen LogP contribution in [0.5, 0.6) is 0 Å². The van der Waals surface area contributed by atoms with E-state index >= 15 is 0 Å². The van der Waals surface area contributed by atoms with Gasteiger partial charge in [-0.15, -0.1) is 0 Å². The van der Waals surface area contributed by atoms with Crippen molar-refractivity contribution in [2.45, 2.75) is 11.3 Å². The highest BCUT2D eigenvalue weighted by Gasteiger charge is 2.03. The molecule has 1 aromatic rings. The number of nitrogens with zero attached hydrogens (tertiary/aromatic N) is 1. The monoisotopic (exact) mass is 197 g/mol. The van der Waals surface area contributed by atoms with Crippen LogP contribution in [0.4, 0.5) is 4.39 Å². The summed E-state index contributed by atoms with van der Waals surface area (Å²) >= 11 is 0. The van der Waals surface area contributed by atoms with E-state index in [0.29, 0.717) is 4.90 Å². The van der Waals surface area contributed by atoms with E-state index in [1.807, 2.05) is 6.07 Å². The molecule has 0 aromatic heterocycles. The normalized spacial score (nSPS) is 12.0. The highest BCUT2D eigenvalue weighted by atomic mass is 32.2. The highest BCUT2D eigenvalue weighted by molar-refractivity contribution is 7.85. The number of rotatable bonds is 3. The fourth-order valence-corrected chi connectivity index (χ4v) is 1.85. The van der Waals surface area contributed by atoms with Crippen molar-refractivity contribution in [3.8, 4) is 6.07 Å². The first-order chi connectivity index (χ1) is 6.24. The molecular formula is C9H8FNOS. The first-order valence-electron chi connectivity index (χ1n) is 3.75. The maximum Gasteiger partial charge on any atom is 0.124 e. The third kappa shape index (κ3) is 2.96. The minimum absolute atomic E-state index is 0.225. The Balaban J connectivity index is 2.72. The average Bonchev–Trinajstić information content (AvgIpc) is 2.14. The first-order valence-corrected chi connectivity index (χ1v) is 5.07. The molecule has 4 heteroatoms. The van der Waals surface area contributed by atoms with E-state index in [9.17, 15) is 8.60 Å². The molecule has 2 nitrogen and oxygen atoms in total. The molecule has 0 saturated heterocycles. The van der Waals surface area contributed by atoms with Crippen LogP contribution in [0.3, 0.4) is 0 Å². The largest absolute Gasteiger partial charge is 0.254 e. The molecule has 0 bridgehead atoms. The van der Waals surface area contributed by atoms with Crippen molar-refractivity contribution in [1.82, 2.24) is 0 Å². The second kappa shape index (κ2) is 4.73. The van der Waals surface area contributed by atoms with Crippen LogP contribution in [0, 0.1) is 17.1 Å². The summed E-state index contributed by atoms with van der Waals surface area (Å²) in [6.45, 7) is 0. The van der Waals surface area contributed by atoms with Crippen LogP contribution in [0.25, 0.3) is 0 Å². The zero-order chi connectivity index (χ0) is 9.68. The molecule has 0 spiro atoms. The van der Waals surface area contributed by atoms with Crippen LogP contribution >= 0.6 is 0 Å². The van der Waals surface area contributed by atoms with Crippen LogP contribution in [-0.2, 0) is 10.8 Å². The van der Waals surface area contributed by atoms with Gasteiger partial charge in [0.25, 0.3) is 0 Å². The molecule has 0 aliphatic heterocycles. The standard InChI is InChI=1S/C9H8FNOS/c10-8-3-1-4-9(7-8)13(12)6-2-5-11/h1,3-4,7H,2,6H2. The molecule has 13 heavy (non-hydrogen) atoms. The second-order valence-corrected chi connectivity index (χ2v) is 3.99. The summed E-state index contributed by atoms with van der Waals surface area (Å²) in [7, 11) is -1.26. The quantitative estimate of drug-likeness (QED) is 0.742. The van der Waals surface area contributed by atoms with Crippen molar-refractivity contribution in [1.29, 1.82) is 5.26 Å². The van der Waals surface area contributed by atoms with Crippen LogP contribution < -0.4 is 0 Å². The fraction of sp³-hybridized carbons (Fsp3) is 0.222. The van der Waals surface area contributed by atoms with E-state index in [1.165, 1.54) is 18.2 Å². The van der Waals surface area contributed by atoms with Gasteiger partial charge < -0.3 is 0 Å². The molecule has 1 aromatic carbocycles. The van der Waals surface area contributed by atoms with Gasteiger partial charge in [0.1, 0.15) is 5.82 Å². The van der Waals surface area contributed by atoms with Crippen molar-refractivity contribution in [3.63, 3.8) is 0 Å². The highest BCUT2D eigenvalue weighted by Crippen LogP contribution is 2.09. The first kappa shape index (κ1) is 9.87. The summed E-state index contributed by atoms with van der Waals surface area (Å²) in [6.07, 6.45) is 0.225. The van der Waals surface area contributed by atoms with E-state index in [-0.39, 0.29) is 12.2 Å². The molecule has 68 valence electrons. The van der Waals surface area contributed by atoms with E-state index in [2.05, 4.69) is 0 Å². The Morgan fingerprint density at radius 2 is 2.31 bits per heavy atom. The van der Waals surface area contributed by atoms with Crippen molar-refractivity contribution >= 4 is 10.8 Å². The molecule has 0 saturated carbocycles. The maximum absolute atomic E-state index is 12.7. The molecule has 1 rings (SSSR count).